The fraction of sp³-hybridized carbons (Fsp3) is 0.565. The Morgan fingerprint density at radius 2 is 1.83 bits per heavy atom. The molecule has 0 radical (unpaired) electrons. The number of ether oxygens (including phenoxy) is 2. The zero-order valence-corrected chi connectivity index (χ0v) is 18.1. The molecule has 6 heteroatoms. The standard InChI is InChI=1S/C23H34N2O4/c1-17-18(2)23(28-4)8-5-19(17)13-25-11-10-24(14-20(25)9-12-26)15-21-6-7-22(29-21)16-27-3/h5-8,20,26H,9-16H2,1-4H3. The van der Waals surface area contributed by atoms with E-state index in [1.807, 2.05) is 12.1 Å². The number of piperazine rings is 1. The van der Waals surface area contributed by atoms with Gasteiger partial charge in [0.1, 0.15) is 23.9 Å². The predicted octanol–water partition coefficient (Wildman–Crippen LogP) is 3.12. The summed E-state index contributed by atoms with van der Waals surface area (Å²) in [7, 11) is 3.39. The van der Waals surface area contributed by atoms with Gasteiger partial charge < -0.3 is 19.0 Å². The number of nitrogens with zero attached hydrogens (tertiary/aromatic N) is 2. The molecule has 0 saturated carbocycles. The first-order valence-electron chi connectivity index (χ1n) is 10.3. The van der Waals surface area contributed by atoms with Crippen LogP contribution in [-0.4, -0.2) is 61.4 Å². The third-order valence-electron chi connectivity index (χ3n) is 5.98. The second-order valence-electron chi connectivity index (χ2n) is 7.85. The SMILES string of the molecule is COCc1ccc(CN2CCN(Cc3ccc(OC)c(C)c3C)C(CCO)C2)o1. The monoisotopic (exact) mass is 402 g/mol. The fourth-order valence-electron chi connectivity index (χ4n) is 4.14. The lowest BCUT2D eigenvalue weighted by Gasteiger charge is -2.41. The van der Waals surface area contributed by atoms with Crippen LogP contribution in [0.4, 0.5) is 0 Å². The van der Waals surface area contributed by atoms with Crippen molar-refractivity contribution < 1.29 is 19.0 Å². The first-order valence-corrected chi connectivity index (χ1v) is 10.3. The Morgan fingerprint density at radius 1 is 1.03 bits per heavy atom. The highest BCUT2D eigenvalue weighted by atomic mass is 16.5. The normalized spacial score (nSPS) is 18.3. The minimum Gasteiger partial charge on any atom is -0.496 e. The van der Waals surface area contributed by atoms with Crippen LogP contribution in [0.5, 0.6) is 5.75 Å². The Hall–Kier alpha value is -1.86. The van der Waals surface area contributed by atoms with Crippen LogP contribution in [0.25, 0.3) is 0 Å². The molecule has 1 aliphatic heterocycles. The van der Waals surface area contributed by atoms with Crippen molar-refractivity contribution in [3.63, 3.8) is 0 Å². The number of aliphatic hydroxyl groups is 1. The molecule has 6 nitrogen and oxygen atoms in total. The molecule has 0 aliphatic carbocycles. The van der Waals surface area contributed by atoms with Crippen molar-refractivity contribution in [2.24, 2.45) is 0 Å². The van der Waals surface area contributed by atoms with Crippen LogP contribution in [0.1, 0.15) is 34.6 Å². The lowest BCUT2D eigenvalue weighted by molar-refractivity contribution is 0.0461. The summed E-state index contributed by atoms with van der Waals surface area (Å²) in [5, 5.41) is 9.61. The number of rotatable bonds is 9. The van der Waals surface area contributed by atoms with E-state index in [1.54, 1.807) is 14.2 Å². The maximum atomic E-state index is 9.61. The first kappa shape index (κ1) is 21.8. The highest BCUT2D eigenvalue weighted by Gasteiger charge is 2.27. The molecule has 1 unspecified atom stereocenters. The van der Waals surface area contributed by atoms with Crippen LogP contribution in [0.3, 0.4) is 0 Å². The van der Waals surface area contributed by atoms with E-state index in [0.29, 0.717) is 12.6 Å². The molecule has 29 heavy (non-hydrogen) atoms. The molecule has 1 aromatic heterocycles. The van der Waals surface area contributed by atoms with Crippen molar-refractivity contribution >= 4 is 0 Å². The highest BCUT2D eigenvalue weighted by molar-refractivity contribution is 5.43. The van der Waals surface area contributed by atoms with E-state index < -0.39 is 0 Å². The third kappa shape index (κ3) is 5.39. The van der Waals surface area contributed by atoms with E-state index in [1.165, 1.54) is 16.7 Å². The molecule has 3 rings (SSSR count). The number of aliphatic hydroxyl groups excluding tert-OH is 1. The maximum absolute atomic E-state index is 9.61. The number of benzene rings is 1. The Balaban J connectivity index is 1.65. The van der Waals surface area contributed by atoms with Gasteiger partial charge in [-0.05, 0) is 55.2 Å². The summed E-state index contributed by atoms with van der Waals surface area (Å²) < 4.78 is 16.4. The van der Waals surface area contributed by atoms with E-state index in [0.717, 1.165) is 56.4 Å². The highest BCUT2D eigenvalue weighted by Crippen LogP contribution is 2.26. The zero-order chi connectivity index (χ0) is 20.8. The Bertz CT molecular complexity index is 789. The van der Waals surface area contributed by atoms with Gasteiger partial charge in [-0.2, -0.15) is 0 Å². The summed E-state index contributed by atoms with van der Waals surface area (Å²) in [5.41, 5.74) is 3.82. The van der Waals surface area contributed by atoms with Gasteiger partial charge in [0.15, 0.2) is 0 Å². The number of furan rings is 1. The van der Waals surface area contributed by atoms with Crippen LogP contribution in [0, 0.1) is 13.8 Å². The number of methoxy groups -OCH3 is 2. The van der Waals surface area contributed by atoms with Gasteiger partial charge in [-0.1, -0.05) is 6.07 Å². The lowest BCUT2D eigenvalue weighted by atomic mass is 10.00. The quantitative estimate of drug-likeness (QED) is 0.696. The molecule has 0 bridgehead atoms. The minimum atomic E-state index is 0.203. The molecule has 1 aliphatic rings. The van der Waals surface area contributed by atoms with Crippen molar-refractivity contribution in [3.05, 3.63) is 52.5 Å². The smallest absolute Gasteiger partial charge is 0.129 e. The summed E-state index contributed by atoms with van der Waals surface area (Å²) in [5.74, 6) is 2.77. The Kier molecular flexibility index (Phi) is 7.72. The van der Waals surface area contributed by atoms with E-state index in [4.69, 9.17) is 13.9 Å². The van der Waals surface area contributed by atoms with E-state index in [9.17, 15) is 5.11 Å². The molecule has 2 heterocycles. The van der Waals surface area contributed by atoms with Gasteiger partial charge in [-0.15, -0.1) is 0 Å². The van der Waals surface area contributed by atoms with Crippen molar-refractivity contribution in [2.75, 3.05) is 40.5 Å². The van der Waals surface area contributed by atoms with Gasteiger partial charge in [0.05, 0.1) is 13.7 Å². The molecular weight excluding hydrogens is 368 g/mol. The van der Waals surface area contributed by atoms with Gasteiger partial charge in [-0.25, -0.2) is 0 Å². The van der Waals surface area contributed by atoms with Crippen molar-refractivity contribution in [1.82, 2.24) is 9.80 Å². The van der Waals surface area contributed by atoms with Gasteiger partial charge in [0.2, 0.25) is 0 Å². The Labute approximate surface area is 174 Å². The van der Waals surface area contributed by atoms with E-state index in [2.05, 4.69) is 35.8 Å². The average Bonchev–Trinajstić information content (AvgIpc) is 3.15. The van der Waals surface area contributed by atoms with Gasteiger partial charge >= 0.3 is 0 Å². The van der Waals surface area contributed by atoms with Crippen LogP contribution in [0.15, 0.2) is 28.7 Å². The lowest BCUT2D eigenvalue weighted by Crippen LogP contribution is -2.52. The molecule has 160 valence electrons. The van der Waals surface area contributed by atoms with Crippen LogP contribution >= 0.6 is 0 Å². The molecule has 1 aromatic carbocycles. The number of hydrogen-bond donors (Lipinski definition) is 1. The second kappa shape index (κ2) is 10.3. The van der Waals surface area contributed by atoms with Crippen molar-refractivity contribution in [1.29, 1.82) is 0 Å². The summed E-state index contributed by atoms with van der Waals surface area (Å²) in [6, 6.07) is 8.57. The molecule has 1 N–H and O–H groups in total. The molecule has 1 fully saturated rings. The van der Waals surface area contributed by atoms with Gasteiger partial charge in [0, 0.05) is 45.9 Å². The van der Waals surface area contributed by atoms with Crippen molar-refractivity contribution in [2.45, 2.75) is 46.0 Å². The molecule has 1 atom stereocenters. The summed E-state index contributed by atoms with van der Waals surface area (Å²) in [4.78, 5) is 4.91. The van der Waals surface area contributed by atoms with E-state index in [-0.39, 0.29) is 6.61 Å². The molecule has 2 aromatic rings. The molecule has 1 saturated heterocycles. The van der Waals surface area contributed by atoms with E-state index >= 15 is 0 Å². The number of hydrogen-bond acceptors (Lipinski definition) is 6. The van der Waals surface area contributed by atoms with Crippen LogP contribution in [-0.2, 0) is 24.4 Å². The molecule has 0 spiro atoms. The maximum Gasteiger partial charge on any atom is 0.129 e. The minimum absolute atomic E-state index is 0.203. The predicted molar refractivity (Wildman–Crippen MR) is 113 cm³/mol. The largest absolute Gasteiger partial charge is 0.496 e. The van der Waals surface area contributed by atoms with Gasteiger partial charge in [-0.3, -0.25) is 9.80 Å². The van der Waals surface area contributed by atoms with Crippen LogP contribution < -0.4 is 4.74 Å². The van der Waals surface area contributed by atoms with Gasteiger partial charge in [0.25, 0.3) is 0 Å². The second-order valence-corrected chi connectivity index (χ2v) is 7.85. The average molecular weight is 403 g/mol. The molecule has 0 amide bonds. The van der Waals surface area contributed by atoms with Crippen molar-refractivity contribution in [3.8, 4) is 5.75 Å². The fourth-order valence-corrected chi connectivity index (χ4v) is 4.14. The summed E-state index contributed by atoms with van der Waals surface area (Å²) in [6.07, 6.45) is 0.776. The molecular formula is C23H34N2O4. The summed E-state index contributed by atoms with van der Waals surface area (Å²) in [6.45, 7) is 9.55. The summed E-state index contributed by atoms with van der Waals surface area (Å²) >= 11 is 0. The topological polar surface area (TPSA) is 58.3 Å². The zero-order valence-electron chi connectivity index (χ0n) is 18.1. The first-order chi connectivity index (χ1) is 14.0. The third-order valence-corrected chi connectivity index (χ3v) is 5.98. The Morgan fingerprint density at radius 3 is 2.55 bits per heavy atom. The van der Waals surface area contributed by atoms with Crippen LogP contribution in [0.2, 0.25) is 0 Å².